The van der Waals surface area contributed by atoms with Gasteiger partial charge in [0.05, 0.1) is 23.4 Å². The molecule has 3 rings (SSSR count). The second-order valence-electron chi connectivity index (χ2n) is 5.11. The lowest BCUT2D eigenvalue weighted by Gasteiger charge is -2.18. The van der Waals surface area contributed by atoms with Gasteiger partial charge in [-0.15, -0.1) is 0 Å². The van der Waals surface area contributed by atoms with Gasteiger partial charge in [0.2, 0.25) is 0 Å². The SMILES string of the molecule is Cc1cc(C(Cn2cnc3ccccc32)NN)ccc1F. The lowest BCUT2D eigenvalue weighted by Crippen LogP contribution is -2.31. The van der Waals surface area contributed by atoms with Gasteiger partial charge in [-0.25, -0.2) is 9.37 Å². The minimum Gasteiger partial charge on any atom is -0.329 e. The van der Waals surface area contributed by atoms with Crippen molar-refractivity contribution >= 4 is 11.0 Å². The Kier molecular flexibility index (Phi) is 3.68. The van der Waals surface area contributed by atoms with Crippen molar-refractivity contribution in [3.05, 3.63) is 65.7 Å². The monoisotopic (exact) mass is 284 g/mol. The van der Waals surface area contributed by atoms with Crippen LogP contribution in [0.25, 0.3) is 11.0 Å². The predicted molar refractivity (Wildman–Crippen MR) is 80.9 cm³/mol. The summed E-state index contributed by atoms with van der Waals surface area (Å²) >= 11 is 0. The zero-order valence-corrected chi connectivity index (χ0v) is 11.8. The highest BCUT2D eigenvalue weighted by molar-refractivity contribution is 5.74. The molecule has 1 aromatic heterocycles. The number of benzene rings is 2. The van der Waals surface area contributed by atoms with Crippen LogP contribution in [0.3, 0.4) is 0 Å². The van der Waals surface area contributed by atoms with Crippen molar-refractivity contribution in [2.24, 2.45) is 5.84 Å². The average Bonchev–Trinajstić information content (AvgIpc) is 2.91. The van der Waals surface area contributed by atoms with E-state index in [4.69, 9.17) is 5.84 Å². The topological polar surface area (TPSA) is 55.9 Å². The van der Waals surface area contributed by atoms with Gasteiger partial charge in [-0.1, -0.05) is 24.3 Å². The third kappa shape index (κ3) is 2.66. The largest absolute Gasteiger partial charge is 0.329 e. The average molecular weight is 284 g/mol. The molecule has 5 heteroatoms. The first kappa shape index (κ1) is 13.7. The standard InChI is InChI=1S/C16H17FN4/c1-11-8-12(6-7-13(11)17)15(20-18)9-21-10-19-14-4-2-3-5-16(14)21/h2-8,10,15,20H,9,18H2,1H3. The maximum atomic E-state index is 13.4. The molecular formula is C16H17FN4. The number of aromatic nitrogens is 2. The number of nitrogens with one attached hydrogen (secondary N) is 1. The van der Waals surface area contributed by atoms with Gasteiger partial charge >= 0.3 is 0 Å². The number of rotatable bonds is 4. The molecule has 0 saturated carbocycles. The summed E-state index contributed by atoms with van der Waals surface area (Å²) in [5.74, 6) is 5.47. The van der Waals surface area contributed by atoms with E-state index >= 15 is 0 Å². The molecular weight excluding hydrogens is 267 g/mol. The summed E-state index contributed by atoms with van der Waals surface area (Å²) in [5.41, 5.74) is 6.36. The van der Waals surface area contributed by atoms with E-state index in [1.165, 1.54) is 6.07 Å². The summed E-state index contributed by atoms with van der Waals surface area (Å²) in [6.07, 6.45) is 1.80. The van der Waals surface area contributed by atoms with Crippen molar-refractivity contribution in [1.82, 2.24) is 15.0 Å². The Balaban J connectivity index is 1.92. The molecule has 0 fully saturated rings. The fraction of sp³-hybridized carbons (Fsp3) is 0.188. The van der Waals surface area contributed by atoms with Crippen molar-refractivity contribution in [2.75, 3.05) is 0 Å². The highest BCUT2D eigenvalue weighted by Gasteiger charge is 2.13. The predicted octanol–water partition coefficient (Wildman–Crippen LogP) is 2.69. The molecule has 0 bridgehead atoms. The van der Waals surface area contributed by atoms with Gasteiger partial charge in [0.25, 0.3) is 0 Å². The van der Waals surface area contributed by atoms with Crippen molar-refractivity contribution < 1.29 is 4.39 Å². The molecule has 3 aromatic rings. The number of hydrazine groups is 1. The first-order valence-electron chi connectivity index (χ1n) is 6.81. The quantitative estimate of drug-likeness (QED) is 0.572. The zero-order chi connectivity index (χ0) is 14.8. The van der Waals surface area contributed by atoms with E-state index < -0.39 is 0 Å². The number of para-hydroxylation sites is 2. The highest BCUT2D eigenvalue weighted by atomic mass is 19.1. The van der Waals surface area contributed by atoms with Crippen LogP contribution in [0.5, 0.6) is 0 Å². The third-order valence-corrected chi connectivity index (χ3v) is 3.69. The number of nitrogens with two attached hydrogens (primary N) is 1. The van der Waals surface area contributed by atoms with Gasteiger partial charge < -0.3 is 4.57 Å². The molecule has 108 valence electrons. The highest BCUT2D eigenvalue weighted by Crippen LogP contribution is 2.20. The minimum atomic E-state index is -0.206. The first-order chi connectivity index (χ1) is 10.2. The number of nitrogens with zero attached hydrogens (tertiary/aromatic N) is 2. The van der Waals surface area contributed by atoms with Crippen LogP contribution in [0.15, 0.2) is 48.8 Å². The molecule has 0 radical (unpaired) electrons. The third-order valence-electron chi connectivity index (χ3n) is 3.69. The van der Waals surface area contributed by atoms with Crippen LogP contribution >= 0.6 is 0 Å². The lowest BCUT2D eigenvalue weighted by atomic mass is 10.0. The van der Waals surface area contributed by atoms with Crippen LogP contribution in [-0.2, 0) is 6.54 Å². The van der Waals surface area contributed by atoms with Crippen LogP contribution in [0.2, 0.25) is 0 Å². The van der Waals surface area contributed by atoms with E-state index in [9.17, 15) is 4.39 Å². The Morgan fingerprint density at radius 3 is 2.86 bits per heavy atom. The number of fused-ring (bicyclic) bond motifs is 1. The van der Waals surface area contributed by atoms with Crippen LogP contribution in [0, 0.1) is 12.7 Å². The number of hydrogen-bond donors (Lipinski definition) is 2. The smallest absolute Gasteiger partial charge is 0.126 e. The maximum Gasteiger partial charge on any atom is 0.126 e. The van der Waals surface area contributed by atoms with Gasteiger partial charge in [0.15, 0.2) is 0 Å². The fourth-order valence-electron chi connectivity index (χ4n) is 2.49. The molecule has 1 unspecified atom stereocenters. The molecule has 2 aromatic carbocycles. The number of hydrogen-bond acceptors (Lipinski definition) is 3. The molecule has 4 nitrogen and oxygen atoms in total. The van der Waals surface area contributed by atoms with Gasteiger partial charge in [0, 0.05) is 6.54 Å². The Labute approximate surface area is 122 Å². The Hall–Kier alpha value is -2.24. The summed E-state index contributed by atoms with van der Waals surface area (Å²) < 4.78 is 15.4. The van der Waals surface area contributed by atoms with Crippen LogP contribution in [0.1, 0.15) is 17.2 Å². The molecule has 0 aliphatic carbocycles. The number of imidazole rings is 1. The number of halogens is 1. The minimum absolute atomic E-state index is 0.109. The van der Waals surface area contributed by atoms with E-state index in [1.807, 2.05) is 34.9 Å². The molecule has 0 saturated heterocycles. The van der Waals surface area contributed by atoms with Crippen molar-refractivity contribution in [2.45, 2.75) is 19.5 Å². The van der Waals surface area contributed by atoms with Gasteiger partial charge in [-0.3, -0.25) is 11.3 Å². The van der Waals surface area contributed by atoms with Gasteiger partial charge in [-0.2, -0.15) is 0 Å². The summed E-state index contributed by atoms with van der Waals surface area (Å²) in [7, 11) is 0. The number of aryl methyl sites for hydroxylation is 1. The fourth-order valence-corrected chi connectivity index (χ4v) is 2.49. The molecule has 0 aliphatic rings. The second kappa shape index (κ2) is 5.63. The van der Waals surface area contributed by atoms with E-state index in [0.29, 0.717) is 12.1 Å². The van der Waals surface area contributed by atoms with Gasteiger partial charge in [0.1, 0.15) is 5.82 Å². The van der Waals surface area contributed by atoms with E-state index in [-0.39, 0.29) is 11.9 Å². The maximum absolute atomic E-state index is 13.4. The Morgan fingerprint density at radius 1 is 1.29 bits per heavy atom. The summed E-state index contributed by atoms with van der Waals surface area (Å²) in [6, 6.07) is 12.9. The molecule has 1 atom stereocenters. The van der Waals surface area contributed by atoms with E-state index in [0.717, 1.165) is 16.6 Å². The van der Waals surface area contributed by atoms with Gasteiger partial charge in [-0.05, 0) is 36.2 Å². The molecule has 3 N–H and O–H groups in total. The summed E-state index contributed by atoms with van der Waals surface area (Å²) in [4.78, 5) is 4.37. The van der Waals surface area contributed by atoms with Crippen molar-refractivity contribution in [3.8, 4) is 0 Å². The van der Waals surface area contributed by atoms with Crippen LogP contribution in [-0.4, -0.2) is 9.55 Å². The summed E-state index contributed by atoms with van der Waals surface area (Å²) in [6.45, 7) is 2.38. The molecule has 0 amide bonds. The molecule has 0 spiro atoms. The molecule has 1 heterocycles. The van der Waals surface area contributed by atoms with E-state index in [1.54, 1.807) is 19.3 Å². The normalized spacial score (nSPS) is 12.7. The molecule has 21 heavy (non-hydrogen) atoms. The van der Waals surface area contributed by atoms with Crippen LogP contribution < -0.4 is 11.3 Å². The zero-order valence-electron chi connectivity index (χ0n) is 11.8. The summed E-state index contributed by atoms with van der Waals surface area (Å²) in [5, 5.41) is 0. The lowest BCUT2D eigenvalue weighted by molar-refractivity contribution is 0.480. The Bertz CT molecular complexity index is 766. The van der Waals surface area contributed by atoms with Crippen molar-refractivity contribution in [1.29, 1.82) is 0 Å². The second-order valence-corrected chi connectivity index (χ2v) is 5.11. The molecule has 0 aliphatic heterocycles. The Morgan fingerprint density at radius 2 is 2.10 bits per heavy atom. The van der Waals surface area contributed by atoms with Crippen LogP contribution in [0.4, 0.5) is 4.39 Å². The van der Waals surface area contributed by atoms with Crippen molar-refractivity contribution in [3.63, 3.8) is 0 Å². The first-order valence-corrected chi connectivity index (χ1v) is 6.81. The van der Waals surface area contributed by atoms with E-state index in [2.05, 4.69) is 10.4 Å².